The molecule has 2 aromatic heterocycles. The first-order valence-electron chi connectivity index (χ1n) is 9.49. The molecular formula is C23H16F3N3O3. The number of ether oxygens (including phenoxy) is 1. The molecule has 4 aromatic rings. The molecule has 4 rings (SSSR count). The fraction of sp³-hybridized carbons (Fsp3) is 0.0870. The number of carbonyl (C=O) groups excluding carboxylic acids is 1. The van der Waals surface area contributed by atoms with Gasteiger partial charge in [0.25, 0.3) is 0 Å². The second kappa shape index (κ2) is 8.93. The van der Waals surface area contributed by atoms with Gasteiger partial charge in [0, 0.05) is 18.0 Å². The minimum atomic E-state index is -4.83. The first-order chi connectivity index (χ1) is 15.4. The van der Waals surface area contributed by atoms with Gasteiger partial charge in [0.1, 0.15) is 11.4 Å². The number of carbonyl (C=O) groups is 1. The molecule has 2 aromatic carbocycles. The van der Waals surface area contributed by atoms with Crippen LogP contribution in [-0.2, 0) is 11.2 Å². The van der Waals surface area contributed by atoms with Gasteiger partial charge < -0.3 is 9.26 Å². The number of amides is 1. The van der Waals surface area contributed by atoms with Crippen molar-refractivity contribution >= 4 is 11.8 Å². The van der Waals surface area contributed by atoms with Crippen molar-refractivity contribution in [2.24, 2.45) is 0 Å². The van der Waals surface area contributed by atoms with Crippen LogP contribution < -0.4 is 10.1 Å². The van der Waals surface area contributed by atoms with Crippen LogP contribution in [-0.4, -0.2) is 22.4 Å². The Balaban J connectivity index is 1.69. The van der Waals surface area contributed by atoms with E-state index >= 15 is 0 Å². The van der Waals surface area contributed by atoms with Crippen molar-refractivity contribution in [2.75, 3.05) is 5.32 Å². The first-order valence-corrected chi connectivity index (χ1v) is 9.49. The largest absolute Gasteiger partial charge is 0.573 e. The number of rotatable bonds is 6. The van der Waals surface area contributed by atoms with Crippen LogP contribution in [0.5, 0.6) is 5.75 Å². The Kier molecular flexibility index (Phi) is 5.89. The van der Waals surface area contributed by atoms with Gasteiger partial charge in [-0.15, -0.1) is 13.2 Å². The summed E-state index contributed by atoms with van der Waals surface area (Å²) in [6, 6.07) is 17.9. The number of alkyl halides is 3. The van der Waals surface area contributed by atoms with Crippen molar-refractivity contribution in [1.29, 1.82) is 0 Å². The lowest BCUT2D eigenvalue weighted by Crippen LogP contribution is -2.17. The molecule has 32 heavy (non-hydrogen) atoms. The Morgan fingerprint density at radius 1 is 0.969 bits per heavy atom. The molecule has 0 aliphatic rings. The van der Waals surface area contributed by atoms with Crippen molar-refractivity contribution in [1.82, 2.24) is 10.1 Å². The van der Waals surface area contributed by atoms with E-state index in [9.17, 15) is 18.0 Å². The summed E-state index contributed by atoms with van der Waals surface area (Å²) in [5, 5.41) is 6.71. The van der Waals surface area contributed by atoms with Gasteiger partial charge >= 0.3 is 6.36 Å². The normalized spacial score (nSPS) is 11.2. The number of halogens is 3. The van der Waals surface area contributed by atoms with Crippen molar-refractivity contribution in [2.45, 2.75) is 12.8 Å². The average molecular weight is 439 g/mol. The van der Waals surface area contributed by atoms with Gasteiger partial charge in [0.05, 0.1) is 12.0 Å². The maximum absolute atomic E-state index is 12.6. The smallest absolute Gasteiger partial charge is 0.406 e. The second-order valence-corrected chi connectivity index (χ2v) is 6.76. The van der Waals surface area contributed by atoms with Crippen LogP contribution in [0.4, 0.5) is 19.1 Å². The predicted molar refractivity (Wildman–Crippen MR) is 111 cm³/mol. The lowest BCUT2D eigenvalue weighted by atomic mass is 10.0. The zero-order valence-electron chi connectivity index (χ0n) is 16.5. The molecule has 9 heteroatoms. The number of hydrogen-bond donors (Lipinski definition) is 1. The average Bonchev–Trinajstić information content (AvgIpc) is 3.17. The highest BCUT2D eigenvalue weighted by atomic mass is 19.4. The summed E-state index contributed by atoms with van der Waals surface area (Å²) in [5.41, 5.74) is 2.42. The van der Waals surface area contributed by atoms with E-state index in [4.69, 9.17) is 4.52 Å². The summed E-state index contributed by atoms with van der Waals surface area (Å²) < 4.78 is 47.3. The Morgan fingerprint density at radius 2 is 1.72 bits per heavy atom. The highest BCUT2D eigenvalue weighted by Gasteiger charge is 2.31. The number of nitrogens with one attached hydrogen (secondary N) is 1. The number of nitrogens with zero attached hydrogens (tertiary/aromatic N) is 2. The van der Waals surface area contributed by atoms with Crippen molar-refractivity contribution < 1.29 is 27.2 Å². The maximum atomic E-state index is 12.6. The third-order valence-electron chi connectivity index (χ3n) is 4.46. The van der Waals surface area contributed by atoms with Gasteiger partial charge in [-0.05, 0) is 35.4 Å². The van der Waals surface area contributed by atoms with Crippen molar-refractivity contribution in [3.8, 4) is 28.1 Å². The van der Waals surface area contributed by atoms with Crippen LogP contribution in [0.3, 0.4) is 0 Å². The Morgan fingerprint density at radius 3 is 2.44 bits per heavy atom. The first kappa shape index (κ1) is 21.1. The number of aromatic nitrogens is 2. The van der Waals surface area contributed by atoms with Crippen molar-refractivity contribution in [3.05, 3.63) is 84.7 Å². The molecule has 162 valence electrons. The summed E-state index contributed by atoms with van der Waals surface area (Å²) in [6.45, 7) is 0. The van der Waals surface area contributed by atoms with Crippen LogP contribution in [0.25, 0.3) is 22.4 Å². The van der Waals surface area contributed by atoms with Gasteiger partial charge in [-0.2, -0.15) is 0 Å². The van der Waals surface area contributed by atoms with Gasteiger partial charge in [-0.25, -0.2) is 0 Å². The fourth-order valence-electron chi connectivity index (χ4n) is 3.15. The van der Waals surface area contributed by atoms with E-state index in [1.165, 1.54) is 18.2 Å². The summed E-state index contributed by atoms with van der Waals surface area (Å²) in [7, 11) is 0. The molecule has 0 unspecified atom stereocenters. The summed E-state index contributed by atoms with van der Waals surface area (Å²) in [5.74, 6) is -0.647. The number of pyridine rings is 1. The van der Waals surface area contributed by atoms with E-state index in [0.29, 0.717) is 16.7 Å². The molecule has 1 amide bonds. The number of anilines is 1. The Labute approximate surface area is 180 Å². The van der Waals surface area contributed by atoms with E-state index in [2.05, 4.69) is 20.2 Å². The number of hydrogen-bond acceptors (Lipinski definition) is 5. The van der Waals surface area contributed by atoms with E-state index in [-0.39, 0.29) is 23.9 Å². The maximum Gasteiger partial charge on any atom is 0.573 e. The SMILES string of the molecule is O=C(Cc1ccccc1)Nc1onc(-c2cccc(OC(F)(F)F)c2)c1-c1ccncc1. The van der Waals surface area contributed by atoms with Gasteiger partial charge in [-0.1, -0.05) is 47.6 Å². The second-order valence-electron chi connectivity index (χ2n) is 6.76. The third kappa shape index (κ3) is 5.12. The molecule has 0 aliphatic heterocycles. The highest BCUT2D eigenvalue weighted by Crippen LogP contribution is 2.39. The molecule has 0 radical (unpaired) electrons. The summed E-state index contributed by atoms with van der Waals surface area (Å²) >= 11 is 0. The van der Waals surface area contributed by atoms with Gasteiger partial charge in [0.15, 0.2) is 0 Å². The van der Waals surface area contributed by atoms with Gasteiger partial charge in [0.2, 0.25) is 11.8 Å². The standard InChI is InChI=1S/C23H16F3N3O3/c24-23(25,26)31-18-8-4-7-17(14-18)21-20(16-9-11-27-12-10-16)22(32-29-21)28-19(30)13-15-5-2-1-3-6-15/h1-12,14H,13H2,(H,28,30). The zero-order chi connectivity index (χ0) is 22.6. The van der Waals surface area contributed by atoms with Crippen LogP contribution in [0, 0.1) is 0 Å². The molecule has 0 atom stereocenters. The molecule has 0 saturated carbocycles. The minimum absolute atomic E-state index is 0.0780. The molecule has 0 aliphatic carbocycles. The van der Waals surface area contributed by atoms with Gasteiger partial charge in [-0.3, -0.25) is 15.1 Å². The van der Waals surface area contributed by atoms with Crippen LogP contribution in [0.2, 0.25) is 0 Å². The highest BCUT2D eigenvalue weighted by molar-refractivity contribution is 5.97. The lowest BCUT2D eigenvalue weighted by Gasteiger charge is -2.10. The topological polar surface area (TPSA) is 77.2 Å². The molecular weight excluding hydrogens is 423 g/mol. The monoisotopic (exact) mass is 439 g/mol. The fourth-order valence-corrected chi connectivity index (χ4v) is 3.15. The molecule has 0 fully saturated rings. The van der Waals surface area contributed by atoms with Crippen LogP contribution in [0.1, 0.15) is 5.56 Å². The third-order valence-corrected chi connectivity index (χ3v) is 4.46. The Hall–Kier alpha value is -4.14. The van der Waals surface area contributed by atoms with Crippen LogP contribution in [0.15, 0.2) is 83.6 Å². The van der Waals surface area contributed by atoms with E-state index in [1.54, 1.807) is 30.6 Å². The summed E-state index contributed by atoms with van der Waals surface area (Å²) in [6.07, 6.45) is -1.62. The molecule has 6 nitrogen and oxygen atoms in total. The Bertz CT molecular complexity index is 1210. The molecule has 2 heterocycles. The van der Waals surface area contributed by atoms with E-state index < -0.39 is 12.1 Å². The van der Waals surface area contributed by atoms with Crippen LogP contribution >= 0.6 is 0 Å². The summed E-state index contributed by atoms with van der Waals surface area (Å²) in [4.78, 5) is 16.5. The molecule has 1 N–H and O–H groups in total. The van der Waals surface area contributed by atoms with E-state index in [0.717, 1.165) is 5.56 Å². The number of benzene rings is 2. The molecule has 0 spiro atoms. The lowest BCUT2D eigenvalue weighted by molar-refractivity contribution is -0.274. The minimum Gasteiger partial charge on any atom is -0.406 e. The quantitative estimate of drug-likeness (QED) is 0.430. The molecule has 0 bridgehead atoms. The molecule has 0 saturated heterocycles. The predicted octanol–water partition coefficient (Wildman–Crippen LogP) is 5.48. The zero-order valence-corrected chi connectivity index (χ0v) is 16.5. The van der Waals surface area contributed by atoms with E-state index in [1.807, 2.05) is 30.3 Å². The van der Waals surface area contributed by atoms with Crippen molar-refractivity contribution in [3.63, 3.8) is 0 Å².